The fourth-order valence-electron chi connectivity index (χ4n) is 2.32. The summed E-state index contributed by atoms with van der Waals surface area (Å²) < 4.78 is 12.1. The lowest BCUT2D eigenvalue weighted by molar-refractivity contribution is 0.0958. The average molecular weight is 498 g/mol. The zero-order valence-electron chi connectivity index (χ0n) is 15.1. The van der Waals surface area contributed by atoms with Crippen LogP contribution >= 0.6 is 33.9 Å². The van der Waals surface area contributed by atoms with Gasteiger partial charge >= 0.3 is 0 Å². The topological polar surface area (TPSA) is 110 Å². The van der Waals surface area contributed by atoms with Gasteiger partial charge in [0, 0.05) is 0 Å². The SMILES string of the molecule is CCOc1cc(/C=N\NC(=O)c2sc(N)c(C#N)c2C)cc(I)c1OCC. The van der Waals surface area contributed by atoms with Gasteiger partial charge in [-0.15, -0.1) is 11.3 Å². The number of nitrogens with zero attached hydrogens (tertiary/aromatic N) is 2. The van der Waals surface area contributed by atoms with Crippen LogP contribution in [0.1, 0.15) is 40.2 Å². The molecule has 1 amide bonds. The highest BCUT2D eigenvalue weighted by Crippen LogP contribution is 2.34. The Balaban J connectivity index is 2.18. The first-order valence-corrected chi connectivity index (χ1v) is 10.0. The molecule has 1 heterocycles. The van der Waals surface area contributed by atoms with Gasteiger partial charge in [0.2, 0.25) is 0 Å². The number of benzene rings is 1. The Hall–Kier alpha value is -2.32. The third-order valence-corrected chi connectivity index (χ3v) is 5.41. The largest absolute Gasteiger partial charge is 0.490 e. The smallest absolute Gasteiger partial charge is 0.281 e. The van der Waals surface area contributed by atoms with Crippen LogP contribution < -0.4 is 20.6 Å². The first kappa shape index (κ1) is 21.0. The first-order valence-electron chi connectivity index (χ1n) is 8.14. The summed E-state index contributed by atoms with van der Waals surface area (Å²) in [6.45, 7) is 6.54. The molecule has 2 aromatic rings. The predicted molar refractivity (Wildman–Crippen MR) is 115 cm³/mol. The van der Waals surface area contributed by atoms with Crippen LogP contribution in [0.4, 0.5) is 5.00 Å². The summed E-state index contributed by atoms with van der Waals surface area (Å²) in [6.07, 6.45) is 1.52. The molecule has 0 bridgehead atoms. The van der Waals surface area contributed by atoms with E-state index in [-0.39, 0.29) is 0 Å². The zero-order chi connectivity index (χ0) is 20.0. The molecule has 0 saturated heterocycles. The minimum absolute atomic E-state index is 0.326. The van der Waals surface area contributed by atoms with Crippen molar-refractivity contribution in [2.75, 3.05) is 18.9 Å². The Kier molecular flexibility index (Phi) is 7.44. The van der Waals surface area contributed by atoms with Crippen molar-refractivity contribution in [2.24, 2.45) is 5.10 Å². The van der Waals surface area contributed by atoms with E-state index in [1.807, 2.05) is 26.0 Å². The summed E-state index contributed by atoms with van der Waals surface area (Å²) in [5.41, 5.74) is 9.87. The van der Waals surface area contributed by atoms with Gasteiger partial charge in [-0.05, 0) is 66.6 Å². The molecule has 1 aromatic carbocycles. The summed E-state index contributed by atoms with van der Waals surface area (Å²) in [4.78, 5) is 12.7. The molecule has 1 aromatic heterocycles. The summed E-state index contributed by atoms with van der Waals surface area (Å²) in [7, 11) is 0. The monoisotopic (exact) mass is 498 g/mol. The second-order valence-electron chi connectivity index (χ2n) is 5.30. The lowest BCUT2D eigenvalue weighted by Gasteiger charge is -2.13. The summed E-state index contributed by atoms with van der Waals surface area (Å²) in [5, 5.41) is 13.4. The number of hydrogen-bond donors (Lipinski definition) is 2. The Morgan fingerprint density at radius 2 is 2.11 bits per heavy atom. The molecule has 142 valence electrons. The fraction of sp³-hybridized carbons (Fsp3) is 0.278. The molecule has 0 unspecified atom stereocenters. The van der Waals surface area contributed by atoms with Crippen molar-refractivity contribution in [3.63, 3.8) is 0 Å². The molecule has 0 atom stereocenters. The lowest BCUT2D eigenvalue weighted by Crippen LogP contribution is -2.17. The molecule has 0 saturated carbocycles. The van der Waals surface area contributed by atoms with Gasteiger partial charge in [0.05, 0.1) is 28.6 Å². The second kappa shape index (κ2) is 9.57. The van der Waals surface area contributed by atoms with Crippen molar-refractivity contribution in [1.29, 1.82) is 5.26 Å². The maximum absolute atomic E-state index is 12.3. The summed E-state index contributed by atoms with van der Waals surface area (Å²) in [5.74, 6) is 0.905. The van der Waals surface area contributed by atoms with Crippen molar-refractivity contribution in [3.8, 4) is 17.6 Å². The van der Waals surface area contributed by atoms with Gasteiger partial charge in [-0.1, -0.05) is 0 Å². The van der Waals surface area contributed by atoms with E-state index in [4.69, 9.17) is 20.5 Å². The number of nitrogens with two attached hydrogens (primary N) is 1. The molecule has 27 heavy (non-hydrogen) atoms. The van der Waals surface area contributed by atoms with Crippen molar-refractivity contribution >= 4 is 51.1 Å². The third kappa shape index (κ3) is 4.90. The van der Waals surface area contributed by atoms with E-state index < -0.39 is 5.91 Å². The molecule has 3 N–H and O–H groups in total. The van der Waals surface area contributed by atoms with Gasteiger partial charge in [-0.25, -0.2) is 5.43 Å². The number of nitrogens with one attached hydrogen (secondary N) is 1. The van der Waals surface area contributed by atoms with E-state index in [9.17, 15) is 4.79 Å². The van der Waals surface area contributed by atoms with Crippen molar-refractivity contribution < 1.29 is 14.3 Å². The number of halogens is 1. The highest BCUT2D eigenvalue weighted by atomic mass is 127. The number of nitriles is 1. The van der Waals surface area contributed by atoms with Crippen LogP contribution in [0.3, 0.4) is 0 Å². The predicted octanol–water partition coefficient (Wildman–Crippen LogP) is 3.68. The number of hydrogen-bond acceptors (Lipinski definition) is 7. The molecule has 0 spiro atoms. The minimum Gasteiger partial charge on any atom is -0.490 e. The lowest BCUT2D eigenvalue weighted by atomic mass is 10.2. The quantitative estimate of drug-likeness (QED) is 0.344. The average Bonchev–Trinajstić information content (AvgIpc) is 2.92. The Morgan fingerprint density at radius 1 is 1.41 bits per heavy atom. The molecule has 7 nitrogen and oxygen atoms in total. The van der Waals surface area contributed by atoms with Crippen molar-refractivity contribution in [2.45, 2.75) is 20.8 Å². The number of thiophene rings is 1. The van der Waals surface area contributed by atoms with E-state index in [1.165, 1.54) is 6.21 Å². The molecule has 0 aliphatic carbocycles. The Labute approximate surface area is 175 Å². The van der Waals surface area contributed by atoms with E-state index in [0.717, 1.165) is 20.5 Å². The number of rotatable bonds is 7. The maximum Gasteiger partial charge on any atom is 0.281 e. The van der Waals surface area contributed by atoms with Crippen LogP contribution in [0.15, 0.2) is 17.2 Å². The van der Waals surface area contributed by atoms with Crippen LogP contribution in [-0.2, 0) is 0 Å². The maximum atomic E-state index is 12.3. The number of anilines is 1. The standard InChI is InChI=1S/C18H19IN4O3S/c1-4-25-14-7-11(6-13(19)15(14)26-5-2)9-22-23-18(24)16-10(3)12(8-20)17(21)27-16/h6-7,9H,4-5,21H2,1-3H3,(H,23,24)/b22-9-. The first-order chi connectivity index (χ1) is 12.9. The van der Waals surface area contributed by atoms with Crippen LogP contribution in [-0.4, -0.2) is 25.3 Å². The number of ether oxygens (including phenoxy) is 2. The summed E-state index contributed by atoms with van der Waals surface area (Å²) in [6, 6.07) is 5.68. The van der Waals surface area contributed by atoms with Crippen molar-refractivity contribution in [3.05, 3.63) is 37.3 Å². The molecular formula is C18H19IN4O3S. The Morgan fingerprint density at radius 3 is 2.70 bits per heavy atom. The highest BCUT2D eigenvalue weighted by molar-refractivity contribution is 14.1. The van der Waals surface area contributed by atoms with Gasteiger partial charge in [-0.3, -0.25) is 4.79 Å². The van der Waals surface area contributed by atoms with Gasteiger partial charge in [-0.2, -0.15) is 10.4 Å². The van der Waals surface area contributed by atoms with Crippen LogP contribution in [0, 0.1) is 21.8 Å². The normalized spacial score (nSPS) is 10.6. The molecule has 0 aliphatic rings. The van der Waals surface area contributed by atoms with E-state index >= 15 is 0 Å². The van der Waals surface area contributed by atoms with Gasteiger partial charge in [0.25, 0.3) is 5.91 Å². The van der Waals surface area contributed by atoms with E-state index in [1.54, 1.807) is 13.0 Å². The number of carbonyl (C=O) groups is 1. The molecule has 0 fully saturated rings. The van der Waals surface area contributed by atoms with Gasteiger partial charge in [0.1, 0.15) is 15.9 Å². The fourth-order valence-corrected chi connectivity index (χ4v) is 4.01. The van der Waals surface area contributed by atoms with Gasteiger partial charge < -0.3 is 15.2 Å². The molecule has 0 aliphatic heterocycles. The zero-order valence-corrected chi connectivity index (χ0v) is 18.1. The number of nitrogen functional groups attached to an aromatic ring is 1. The highest BCUT2D eigenvalue weighted by Gasteiger charge is 2.18. The number of carbonyl (C=O) groups excluding carboxylic acids is 1. The third-order valence-electron chi connectivity index (χ3n) is 3.49. The van der Waals surface area contributed by atoms with Crippen molar-refractivity contribution in [1.82, 2.24) is 5.43 Å². The second-order valence-corrected chi connectivity index (χ2v) is 7.52. The number of hydrazone groups is 1. The molecule has 9 heteroatoms. The van der Waals surface area contributed by atoms with Crippen LogP contribution in [0.25, 0.3) is 0 Å². The van der Waals surface area contributed by atoms with Crippen LogP contribution in [0.2, 0.25) is 0 Å². The van der Waals surface area contributed by atoms with Gasteiger partial charge in [0.15, 0.2) is 11.5 Å². The van der Waals surface area contributed by atoms with E-state index in [2.05, 4.69) is 33.1 Å². The molecule has 2 rings (SSSR count). The minimum atomic E-state index is -0.410. The molecular weight excluding hydrogens is 479 g/mol. The Bertz CT molecular complexity index is 918. The van der Waals surface area contributed by atoms with Crippen LogP contribution in [0.5, 0.6) is 11.5 Å². The summed E-state index contributed by atoms with van der Waals surface area (Å²) >= 11 is 3.24. The number of amides is 1. The molecule has 0 radical (unpaired) electrons. The van der Waals surface area contributed by atoms with E-state index in [0.29, 0.717) is 45.7 Å².